The van der Waals surface area contributed by atoms with Gasteiger partial charge in [0.25, 0.3) is 0 Å². The van der Waals surface area contributed by atoms with E-state index in [-0.39, 0.29) is 28.3 Å². The lowest BCUT2D eigenvalue weighted by atomic mass is 9.87. The molecule has 0 saturated carbocycles. The molecule has 0 spiro atoms. The monoisotopic (exact) mass is 792 g/mol. The third-order valence-corrected chi connectivity index (χ3v) is 10.8. The number of aromatic amines is 1. The van der Waals surface area contributed by atoms with Crippen LogP contribution in [-0.4, -0.2) is 66.8 Å². The van der Waals surface area contributed by atoms with Gasteiger partial charge in [0.05, 0.1) is 57.0 Å². The zero-order chi connectivity index (χ0) is 41.7. The predicted octanol–water partition coefficient (Wildman–Crippen LogP) is 8.08. The summed E-state index contributed by atoms with van der Waals surface area (Å²) in [5.74, 6) is -4.65. The molecule has 1 aromatic heterocycles. The topological polar surface area (TPSA) is 202 Å². The van der Waals surface area contributed by atoms with Gasteiger partial charge < -0.3 is 30.7 Å². The molecule has 8 bridgehead atoms. The van der Waals surface area contributed by atoms with E-state index < -0.39 is 29.8 Å². The van der Waals surface area contributed by atoms with Crippen molar-refractivity contribution < 1.29 is 39.6 Å². The number of H-pyrrole nitrogens is 1. The average molecular weight is 793 g/mol. The standard InChI is InChI=1S/C48H32N4O8/c53-45(54)29-9-1-25(2-10-29)41-33-17-19-35(49-33)42(26-3-11-30(12-4-26)46(55)56)37-21-23-39(51-37)44(28-7-15-32(16-8-28)48(59)60)40-24-22-38(52-40)43(36-20-18-34(41)50-36)27-5-13-31(14-6-27)47(57)58/h1-24,33,41,49,52H,(H,53,54)(H,55,56)(H,57,58)(H,59,60)/b42-35-,43-36-,44-39-. The van der Waals surface area contributed by atoms with Crippen LogP contribution < -0.4 is 5.32 Å². The highest BCUT2D eigenvalue weighted by Crippen LogP contribution is 2.39. The molecule has 4 aromatic carbocycles. The van der Waals surface area contributed by atoms with Crippen LogP contribution in [0.4, 0.5) is 0 Å². The molecule has 60 heavy (non-hydrogen) atoms. The molecule has 12 heteroatoms. The molecule has 292 valence electrons. The van der Waals surface area contributed by atoms with E-state index >= 15 is 0 Å². The lowest BCUT2D eigenvalue weighted by molar-refractivity contribution is 0.0686. The number of carbonyl (C=O) groups is 4. The Labute approximate surface area is 341 Å². The van der Waals surface area contributed by atoms with Crippen molar-refractivity contribution in [3.63, 3.8) is 0 Å². The highest BCUT2D eigenvalue weighted by molar-refractivity contribution is 6.32. The van der Waals surface area contributed by atoms with Crippen LogP contribution in [0.3, 0.4) is 0 Å². The van der Waals surface area contributed by atoms with Crippen molar-refractivity contribution in [1.82, 2.24) is 10.3 Å². The van der Waals surface area contributed by atoms with Crippen molar-refractivity contribution in [2.75, 3.05) is 0 Å². The third-order valence-electron chi connectivity index (χ3n) is 10.8. The molecule has 12 nitrogen and oxygen atoms in total. The summed E-state index contributed by atoms with van der Waals surface area (Å²) in [7, 11) is 0. The van der Waals surface area contributed by atoms with Crippen LogP contribution in [0, 0.1) is 0 Å². The van der Waals surface area contributed by atoms with Gasteiger partial charge >= 0.3 is 23.9 Å². The molecule has 5 heterocycles. The SMILES string of the molecule is O=C(O)c1ccc(/C2=C3\C=CC(N3)C(c3ccc(C(=O)O)cc3)C3=N/C(=C(/c4ccc(C(=O)O)cc4)c4ccc([nH]4)/C(c4ccc(C(=O)O)cc4)=C4/C=CC2=N4)C=C3)cc1. The molecule has 0 saturated heterocycles. The highest BCUT2D eigenvalue weighted by Gasteiger charge is 2.33. The van der Waals surface area contributed by atoms with Crippen LogP contribution in [0.5, 0.6) is 0 Å². The molecular formula is C48H32N4O8. The van der Waals surface area contributed by atoms with Gasteiger partial charge in [-0.25, -0.2) is 24.2 Å². The summed E-state index contributed by atoms with van der Waals surface area (Å²) >= 11 is 0. The zero-order valence-electron chi connectivity index (χ0n) is 31.3. The van der Waals surface area contributed by atoms with E-state index in [1.54, 1.807) is 60.7 Å². The number of aliphatic imine (C=N–C) groups is 2. The largest absolute Gasteiger partial charge is 0.478 e. The van der Waals surface area contributed by atoms with Crippen molar-refractivity contribution >= 4 is 52.0 Å². The second kappa shape index (κ2) is 14.8. The van der Waals surface area contributed by atoms with Crippen molar-refractivity contribution in [3.8, 4) is 0 Å². The van der Waals surface area contributed by atoms with Crippen molar-refractivity contribution in [3.05, 3.63) is 219 Å². The number of benzene rings is 4. The molecule has 0 fully saturated rings. The molecule has 2 atom stereocenters. The van der Waals surface area contributed by atoms with Crippen molar-refractivity contribution in [2.24, 2.45) is 9.98 Å². The second-order valence-corrected chi connectivity index (χ2v) is 14.4. The Morgan fingerprint density at radius 2 is 0.900 bits per heavy atom. The molecule has 9 rings (SSSR count). The molecule has 0 aliphatic carbocycles. The number of aromatic nitrogens is 1. The Hall–Kier alpha value is -8.38. The van der Waals surface area contributed by atoms with Gasteiger partial charge in [0.2, 0.25) is 0 Å². The average Bonchev–Trinajstić information content (AvgIpc) is 4.10. The lowest BCUT2D eigenvalue weighted by Crippen LogP contribution is -2.33. The number of aromatic carboxylic acids is 4. The predicted molar refractivity (Wildman–Crippen MR) is 225 cm³/mol. The van der Waals surface area contributed by atoms with Crippen molar-refractivity contribution in [2.45, 2.75) is 12.0 Å². The Morgan fingerprint density at radius 3 is 1.38 bits per heavy atom. The zero-order valence-corrected chi connectivity index (χ0v) is 31.3. The summed E-state index contributed by atoms with van der Waals surface area (Å²) in [6.07, 6.45) is 11.6. The molecule has 4 aliphatic rings. The summed E-state index contributed by atoms with van der Waals surface area (Å²) < 4.78 is 0. The second-order valence-electron chi connectivity index (χ2n) is 14.4. The quantitative estimate of drug-likeness (QED) is 0.0898. The van der Waals surface area contributed by atoms with Gasteiger partial charge in [0.15, 0.2) is 0 Å². The van der Waals surface area contributed by atoms with Crippen LogP contribution in [0.1, 0.15) is 81.0 Å². The van der Waals surface area contributed by atoms with E-state index in [2.05, 4.69) is 10.3 Å². The van der Waals surface area contributed by atoms with Gasteiger partial charge in [-0.15, -0.1) is 0 Å². The summed E-state index contributed by atoms with van der Waals surface area (Å²) in [5.41, 5.74) is 9.95. The minimum Gasteiger partial charge on any atom is -0.478 e. The van der Waals surface area contributed by atoms with E-state index in [0.29, 0.717) is 73.3 Å². The Morgan fingerprint density at radius 1 is 0.467 bits per heavy atom. The third kappa shape index (κ3) is 6.77. The number of nitrogens with zero attached hydrogens (tertiary/aromatic N) is 2. The van der Waals surface area contributed by atoms with Gasteiger partial charge in [-0.05, 0) is 113 Å². The summed E-state index contributed by atoms with van der Waals surface area (Å²) in [4.78, 5) is 61.3. The van der Waals surface area contributed by atoms with Gasteiger partial charge in [0, 0.05) is 33.8 Å². The molecule has 0 radical (unpaired) electrons. The van der Waals surface area contributed by atoms with Gasteiger partial charge in [-0.1, -0.05) is 54.6 Å². The number of hydrogen-bond acceptors (Lipinski definition) is 7. The molecule has 2 unspecified atom stereocenters. The number of hydrogen-bond donors (Lipinski definition) is 6. The minimum absolute atomic E-state index is 0.121. The van der Waals surface area contributed by atoms with E-state index in [0.717, 1.165) is 5.56 Å². The maximum Gasteiger partial charge on any atom is 0.335 e. The van der Waals surface area contributed by atoms with E-state index in [4.69, 9.17) is 9.98 Å². The van der Waals surface area contributed by atoms with Crippen LogP contribution in [0.25, 0.3) is 16.7 Å². The van der Waals surface area contributed by atoms with Gasteiger partial charge in [-0.3, -0.25) is 4.99 Å². The number of nitrogens with one attached hydrogen (secondary N) is 2. The van der Waals surface area contributed by atoms with Crippen LogP contribution in [0.2, 0.25) is 0 Å². The molecular weight excluding hydrogens is 761 g/mol. The molecule has 0 amide bonds. The molecule has 5 aromatic rings. The first-order chi connectivity index (χ1) is 29.0. The van der Waals surface area contributed by atoms with Gasteiger partial charge in [-0.2, -0.15) is 0 Å². The highest BCUT2D eigenvalue weighted by atomic mass is 16.4. The fourth-order valence-corrected chi connectivity index (χ4v) is 7.90. The Balaban J connectivity index is 1.30. The van der Waals surface area contributed by atoms with Crippen molar-refractivity contribution in [1.29, 1.82) is 0 Å². The molecule has 6 N–H and O–H groups in total. The normalized spacial score (nSPS) is 21.4. The first-order valence-electron chi connectivity index (χ1n) is 18.8. The number of carboxylic acid groups (broad SMARTS) is 4. The van der Waals surface area contributed by atoms with Crippen LogP contribution >= 0.6 is 0 Å². The molecule has 4 aliphatic heterocycles. The smallest absolute Gasteiger partial charge is 0.335 e. The van der Waals surface area contributed by atoms with E-state index in [1.807, 2.05) is 48.6 Å². The number of carboxylic acids is 4. The number of rotatable bonds is 8. The summed E-state index contributed by atoms with van der Waals surface area (Å²) in [5, 5.41) is 42.4. The number of allylic oxidation sites excluding steroid dienone is 6. The first kappa shape index (κ1) is 37.2. The Kier molecular flexibility index (Phi) is 9.21. The van der Waals surface area contributed by atoms with E-state index in [1.165, 1.54) is 36.4 Å². The first-order valence-corrected chi connectivity index (χ1v) is 18.8. The number of fused-ring (bicyclic) bond motifs is 6. The van der Waals surface area contributed by atoms with Crippen LogP contribution in [-0.2, 0) is 0 Å². The maximum absolute atomic E-state index is 11.8. The fraction of sp³-hybridized carbons (Fsp3) is 0.0417. The fourth-order valence-electron chi connectivity index (χ4n) is 7.90. The van der Waals surface area contributed by atoms with Gasteiger partial charge in [0.1, 0.15) is 0 Å². The lowest BCUT2D eigenvalue weighted by Gasteiger charge is -2.25. The summed E-state index contributed by atoms with van der Waals surface area (Å²) in [6, 6.07) is 29.7. The minimum atomic E-state index is -1.06. The maximum atomic E-state index is 11.8. The van der Waals surface area contributed by atoms with Crippen LogP contribution in [0.15, 0.2) is 173 Å². The van der Waals surface area contributed by atoms with E-state index in [9.17, 15) is 39.6 Å². The summed E-state index contributed by atoms with van der Waals surface area (Å²) in [6.45, 7) is 0. The Bertz CT molecular complexity index is 2920.